The van der Waals surface area contributed by atoms with Crippen LogP contribution in [-0.4, -0.2) is 47.0 Å². The molecule has 1 rings (SSSR count). The Labute approximate surface area is 145 Å². The summed E-state index contributed by atoms with van der Waals surface area (Å²) in [5.41, 5.74) is 1.02. The summed E-state index contributed by atoms with van der Waals surface area (Å²) in [7, 11) is 5.04. The molecule has 0 aliphatic carbocycles. The fraction of sp³-hybridized carbons (Fsp3) is 0.611. The van der Waals surface area contributed by atoms with E-state index in [2.05, 4.69) is 22.5 Å². The number of unbranched alkanes of at least 4 members (excludes halogenated alkanes) is 1. The highest BCUT2D eigenvalue weighted by Crippen LogP contribution is 2.30. The summed E-state index contributed by atoms with van der Waals surface area (Å²) in [5.74, 6) is 2.23. The summed E-state index contributed by atoms with van der Waals surface area (Å²) >= 11 is 0. The minimum Gasteiger partial charge on any atom is -0.493 e. The van der Waals surface area contributed by atoms with Gasteiger partial charge in [-0.05, 0) is 18.9 Å². The van der Waals surface area contributed by atoms with Gasteiger partial charge in [0.25, 0.3) is 0 Å². The molecule has 136 valence electrons. The maximum Gasteiger partial charge on any atom is 0.191 e. The minimum absolute atomic E-state index is 0.604. The topological polar surface area (TPSA) is 64.1 Å². The summed E-state index contributed by atoms with van der Waals surface area (Å²) in [6, 6.07) is 5.83. The summed E-state index contributed by atoms with van der Waals surface area (Å²) in [6.07, 6.45) is 3.24. The fourth-order valence-electron chi connectivity index (χ4n) is 2.22. The zero-order chi connectivity index (χ0) is 17.6. The van der Waals surface area contributed by atoms with E-state index in [1.54, 1.807) is 21.3 Å². The Morgan fingerprint density at radius 2 is 1.88 bits per heavy atom. The van der Waals surface area contributed by atoms with Gasteiger partial charge in [-0.2, -0.15) is 0 Å². The van der Waals surface area contributed by atoms with E-state index >= 15 is 0 Å². The number of rotatable bonds is 11. The van der Waals surface area contributed by atoms with Crippen LogP contribution in [0.2, 0.25) is 0 Å². The van der Waals surface area contributed by atoms with Crippen molar-refractivity contribution in [2.45, 2.75) is 32.7 Å². The third kappa shape index (κ3) is 7.08. The van der Waals surface area contributed by atoms with Crippen LogP contribution in [-0.2, 0) is 11.3 Å². The third-order valence-electron chi connectivity index (χ3n) is 3.55. The zero-order valence-electron chi connectivity index (χ0n) is 15.4. The second kappa shape index (κ2) is 12.5. The van der Waals surface area contributed by atoms with E-state index in [-0.39, 0.29) is 0 Å². The highest BCUT2D eigenvalue weighted by atomic mass is 16.5. The number of hydrogen-bond acceptors (Lipinski definition) is 4. The lowest BCUT2D eigenvalue weighted by Crippen LogP contribution is -2.37. The monoisotopic (exact) mass is 337 g/mol. The van der Waals surface area contributed by atoms with Crippen LogP contribution in [0.1, 0.15) is 31.7 Å². The first kappa shape index (κ1) is 20.1. The van der Waals surface area contributed by atoms with Crippen LogP contribution in [0, 0.1) is 0 Å². The van der Waals surface area contributed by atoms with Crippen molar-refractivity contribution in [1.82, 2.24) is 10.6 Å². The molecule has 0 spiro atoms. The van der Waals surface area contributed by atoms with Gasteiger partial charge >= 0.3 is 0 Å². The lowest BCUT2D eigenvalue weighted by molar-refractivity contribution is 0.129. The van der Waals surface area contributed by atoms with Crippen molar-refractivity contribution in [2.75, 3.05) is 41.0 Å². The molecule has 0 heterocycles. The second-order valence-corrected chi connectivity index (χ2v) is 5.32. The lowest BCUT2D eigenvalue weighted by Gasteiger charge is -2.15. The van der Waals surface area contributed by atoms with Gasteiger partial charge in [0.05, 0.1) is 14.2 Å². The predicted molar refractivity (Wildman–Crippen MR) is 98.1 cm³/mol. The molecule has 6 nitrogen and oxygen atoms in total. The Balaban J connectivity index is 2.37. The molecule has 0 aromatic heterocycles. The number of ether oxygens (including phenoxy) is 3. The van der Waals surface area contributed by atoms with Gasteiger partial charge in [-0.15, -0.1) is 0 Å². The van der Waals surface area contributed by atoms with E-state index in [4.69, 9.17) is 14.2 Å². The second-order valence-electron chi connectivity index (χ2n) is 5.32. The molecule has 0 aliphatic rings. The van der Waals surface area contributed by atoms with E-state index in [0.29, 0.717) is 6.54 Å². The molecule has 0 amide bonds. The quantitative estimate of drug-likeness (QED) is 0.369. The Bertz CT molecular complexity index is 492. The predicted octanol–water partition coefficient (Wildman–Crippen LogP) is 2.58. The molecular formula is C18H31N3O3. The normalized spacial score (nSPS) is 11.2. The number of benzene rings is 1. The van der Waals surface area contributed by atoms with E-state index in [0.717, 1.165) is 55.6 Å². The number of methoxy groups -OCH3 is 2. The Kier molecular flexibility index (Phi) is 10.4. The van der Waals surface area contributed by atoms with Crippen molar-refractivity contribution in [3.63, 3.8) is 0 Å². The van der Waals surface area contributed by atoms with Crippen LogP contribution in [0.25, 0.3) is 0 Å². The van der Waals surface area contributed by atoms with Crippen LogP contribution >= 0.6 is 0 Å². The minimum atomic E-state index is 0.604. The highest BCUT2D eigenvalue weighted by molar-refractivity contribution is 5.79. The van der Waals surface area contributed by atoms with Gasteiger partial charge in [0.1, 0.15) is 0 Å². The molecule has 1 aromatic carbocycles. The van der Waals surface area contributed by atoms with Crippen molar-refractivity contribution >= 4 is 5.96 Å². The Hall–Kier alpha value is -1.95. The number of guanidine groups is 1. The first-order chi connectivity index (χ1) is 11.8. The van der Waals surface area contributed by atoms with Crippen LogP contribution in [0.5, 0.6) is 11.5 Å². The molecule has 0 atom stereocenters. The molecule has 24 heavy (non-hydrogen) atoms. The maximum absolute atomic E-state index is 5.54. The SMILES string of the molecule is CCCCOCCCNC(=NC)NCc1cccc(OC)c1OC. The molecule has 0 bridgehead atoms. The zero-order valence-corrected chi connectivity index (χ0v) is 15.4. The van der Waals surface area contributed by atoms with E-state index in [9.17, 15) is 0 Å². The van der Waals surface area contributed by atoms with E-state index in [1.807, 2.05) is 18.2 Å². The van der Waals surface area contributed by atoms with Crippen molar-refractivity contribution in [2.24, 2.45) is 4.99 Å². The van der Waals surface area contributed by atoms with Crippen molar-refractivity contribution in [3.8, 4) is 11.5 Å². The average molecular weight is 337 g/mol. The van der Waals surface area contributed by atoms with Gasteiger partial charge < -0.3 is 24.8 Å². The molecule has 0 saturated heterocycles. The molecular weight excluding hydrogens is 306 g/mol. The van der Waals surface area contributed by atoms with Crippen molar-refractivity contribution in [1.29, 1.82) is 0 Å². The van der Waals surface area contributed by atoms with Crippen LogP contribution < -0.4 is 20.1 Å². The van der Waals surface area contributed by atoms with Crippen LogP contribution in [0.4, 0.5) is 0 Å². The summed E-state index contributed by atoms with van der Waals surface area (Å²) in [6.45, 7) is 5.21. The lowest BCUT2D eigenvalue weighted by atomic mass is 10.2. The van der Waals surface area contributed by atoms with Gasteiger partial charge in [-0.3, -0.25) is 4.99 Å². The van der Waals surface area contributed by atoms with Gasteiger partial charge in [-0.25, -0.2) is 0 Å². The van der Waals surface area contributed by atoms with Crippen LogP contribution in [0.15, 0.2) is 23.2 Å². The maximum atomic E-state index is 5.54. The largest absolute Gasteiger partial charge is 0.493 e. The fourth-order valence-corrected chi connectivity index (χ4v) is 2.22. The number of nitrogens with zero attached hydrogens (tertiary/aromatic N) is 1. The Morgan fingerprint density at radius 3 is 2.54 bits per heavy atom. The van der Waals surface area contributed by atoms with Gasteiger partial charge in [0.2, 0.25) is 0 Å². The van der Waals surface area contributed by atoms with Gasteiger partial charge in [0.15, 0.2) is 17.5 Å². The molecule has 0 fully saturated rings. The van der Waals surface area contributed by atoms with Gasteiger partial charge in [-0.1, -0.05) is 25.5 Å². The van der Waals surface area contributed by atoms with Gasteiger partial charge in [0, 0.05) is 38.9 Å². The number of para-hydroxylation sites is 1. The summed E-state index contributed by atoms with van der Waals surface area (Å²) in [4.78, 5) is 4.23. The van der Waals surface area contributed by atoms with Crippen LogP contribution in [0.3, 0.4) is 0 Å². The van der Waals surface area contributed by atoms with Crippen molar-refractivity contribution in [3.05, 3.63) is 23.8 Å². The smallest absolute Gasteiger partial charge is 0.191 e. The molecule has 0 aliphatic heterocycles. The Morgan fingerprint density at radius 1 is 1.08 bits per heavy atom. The molecule has 6 heteroatoms. The number of nitrogens with one attached hydrogen (secondary N) is 2. The summed E-state index contributed by atoms with van der Waals surface area (Å²) in [5, 5.41) is 6.57. The van der Waals surface area contributed by atoms with E-state index < -0.39 is 0 Å². The molecule has 0 unspecified atom stereocenters. The summed E-state index contributed by atoms with van der Waals surface area (Å²) < 4.78 is 16.3. The third-order valence-corrected chi connectivity index (χ3v) is 3.55. The highest BCUT2D eigenvalue weighted by Gasteiger charge is 2.09. The number of hydrogen-bond donors (Lipinski definition) is 2. The van der Waals surface area contributed by atoms with Crippen molar-refractivity contribution < 1.29 is 14.2 Å². The molecule has 0 saturated carbocycles. The molecule has 0 radical (unpaired) electrons. The average Bonchev–Trinajstić information content (AvgIpc) is 2.62. The number of aliphatic imine (C=N–C) groups is 1. The first-order valence-corrected chi connectivity index (χ1v) is 8.48. The molecule has 2 N–H and O–H groups in total. The first-order valence-electron chi connectivity index (χ1n) is 8.48. The molecule has 1 aromatic rings. The standard InChI is InChI=1S/C18H31N3O3/c1-5-6-12-24-13-8-11-20-18(19-2)21-14-15-9-7-10-16(22-3)17(15)23-4/h7,9-10H,5-6,8,11-14H2,1-4H3,(H2,19,20,21). The van der Waals surface area contributed by atoms with E-state index in [1.165, 1.54) is 6.42 Å².